The fourth-order valence-electron chi connectivity index (χ4n) is 1.96. The Morgan fingerprint density at radius 3 is 2.25 bits per heavy atom. The average molecular weight is 271 g/mol. The van der Waals surface area contributed by atoms with Gasteiger partial charge in [0.25, 0.3) is 0 Å². The van der Waals surface area contributed by atoms with Crippen LogP contribution in [0.2, 0.25) is 0 Å². The van der Waals surface area contributed by atoms with Gasteiger partial charge in [0.2, 0.25) is 0 Å². The van der Waals surface area contributed by atoms with Crippen molar-refractivity contribution < 1.29 is 9.84 Å². The summed E-state index contributed by atoms with van der Waals surface area (Å²) in [4.78, 5) is 0. The molecule has 0 spiro atoms. The summed E-state index contributed by atoms with van der Waals surface area (Å²) in [6.45, 7) is 2.89. The molecule has 20 heavy (non-hydrogen) atoms. The summed E-state index contributed by atoms with van der Waals surface area (Å²) >= 11 is 0. The predicted molar refractivity (Wildman–Crippen MR) is 80.1 cm³/mol. The first-order valence-corrected chi connectivity index (χ1v) is 6.87. The van der Waals surface area contributed by atoms with Crippen molar-refractivity contribution in [2.75, 3.05) is 6.54 Å². The lowest BCUT2D eigenvalue weighted by Crippen LogP contribution is -2.30. The first kappa shape index (κ1) is 14.7. The molecule has 0 saturated carbocycles. The van der Waals surface area contributed by atoms with Crippen molar-refractivity contribution in [3.63, 3.8) is 0 Å². The molecule has 3 heteroatoms. The van der Waals surface area contributed by atoms with Crippen LogP contribution in [0.5, 0.6) is 0 Å². The average Bonchev–Trinajstić information content (AvgIpc) is 2.52. The molecule has 0 radical (unpaired) electrons. The lowest BCUT2D eigenvalue weighted by molar-refractivity contribution is -0.106. The zero-order valence-corrected chi connectivity index (χ0v) is 11.7. The third kappa shape index (κ3) is 4.78. The van der Waals surface area contributed by atoms with Crippen LogP contribution in [0.4, 0.5) is 0 Å². The van der Waals surface area contributed by atoms with Crippen molar-refractivity contribution in [3.05, 3.63) is 71.8 Å². The van der Waals surface area contributed by atoms with E-state index in [-0.39, 0.29) is 6.04 Å². The number of hydrogen-bond acceptors (Lipinski definition) is 3. The molecule has 0 amide bonds. The van der Waals surface area contributed by atoms with Gasteiger partial charge < -0.3 is 15.2 Å². The number of aliphatic hydroxyl groups is 1. The Bertz CT molecular complexity index is 487. The van der Waals surface area contributed by atoms with Crippen LogP contribution in [0.15, 0.2) is 60.7 Å². The Kier molecular flexibility index (Phi) is 5.74. The Balaban J connectivity index is 1.71. The van der Waals surface area contributed by atoms with Crippen LogP contribution < -0.4 is 5.32 Å². The molecule has 3 nitrogen and oxygen atoms in total. The zero-order chi connectivity index (χ0) is 14.2. The van der Waals surface area contributed by atoms with Gasteiger partial charge >= 0.3 is 0 Å². The molecule has 0 fully saturated rings. The number of rotatable bonds is 7. The molecule has 0 aliphatic carbocycles. The van der Waals surface area contributed by atoms with E-state index in [0.29, 0.717) is 13.2 Å². The highest BCUT2D eigenvalue weighted by Crippen LogP contribution is 2.11. The molecule has 2 atom stereocenters. The van der Waals surface area contributed by atoms with Crippen LogP contribution >= 0.6 is 0 Å². The maximum atomic E-state index is 9.82. The number of aliphatic hydroxyl groups excluding tert-OH is 1. The minimum absolute atomic E-state index is 0.186. The van der Waals surface area contributed by atoms with E-state index in [2.05, 4.69) is 24.4 Å². The fourth-order valence-corrected chi connectivity index (χ4v) is 1.96. The largest absolute Gasteiger partial charge is 0.367 e. The molecule has 2 aromatic rings. The highest BCUT2D eigenvalue weighted by molar-refractivity contribution is 5.18. The molecule has 1 unspecified atom stereocenters. The first-order chi connectivity index (χ1) is 9.75. The molecule has 0 bridgehead atoms. The Hall–Kier alpha value is -1.68. The summed E-state index contributed by atoms with van der Waals surface area (Å²) in [5.74, 6) is 0. The third-order valence-electron chi connectivity index (χ3n) is 3.18. The van der Waals surface area contributed by atoms with Crippen LogP contribution in [-0.4, -0.2) is 17.9 Å². The molecule has 106 valence electrons. The number of hydrogen-bond donors (Lipinski definition) is 2. The van der Waals surface area contributed by atoms with E-state index in [1.807, 2.05) is 48.5 Å². The summed E-state index contributed by atoms with van der Waals surface area (Å²) in [5, 5.41) is 13.1. The maximum absolute atomic E-state index is 9.82. The molecule has 0 heterocycles. The van der Waals surface area contributed by atoms with E-state index < -0.39 is 6.29 Å². The van der Waals surface area contributed by atoms with Gasteiger partial charge in [0, 0.05) is 12.6 Å². The van der Waals surface area contributed by atoms with Crippen molar-refractivity contribution >= 4 is 0 Å². The number of benzene rings is 2. The molecular weight excluding hydrogens is 250 g/mol. The standard InChI is InChI=1S/C17H21NO2/c1-14(16-10-6-3-7-11-16)18-12-17(19)20-13-15-8-4-2-5-9-15/h2-11,14,17-19H,12-13H2,1H3/t14-,17?/m1/s1. The molecule has 0 saturated heterocycles. The topological polar surface area (TPSA) is 41.5 Å². The quantitative estimate of drug-likeness (QED) is 0.761. The van der Waals surface area contributed by atoms with Crippen LogP contribution in [0.25, 0.3) is 0 Å². The van der Waals surface area contributed by atoms with Gasteiger partial charge in [-0.1, -0.05) is 60.7 Å². The van der Waals surface area contributed by atoms with E-state index in [1.54, 1.807) is 0 Å². The fraction of sp³-hybridized carbons (Fsp3) is 0.294. The van der Waals surface area contributed by atoms with Gasteiger partial charge in [-0.25, -0.2) is 0 Å². The second-order valence-corrected chi connectivity index (χ2v) is 4.79. The van der Waals surface area contributed by atoms with Crippen molar-refractivity contribution in [2.45, 2.75) is 25.9 Å². The van der Waals surface area contributed by atoms with E-state index in [9.17, 15) is 5.11 Å². The highest BCUT2D eigenvalue weighted by Gasteiger charge is 2.08. The molecule has 2 rings (SSSR count). The number of ether oxygens (including phenoxy) is 1. The Morgan fingerprint density at radius 1 is 1.00 bits per heavy atom. The predicted octanol–water partition coefficient (Wildman–Crippen LogP) is 2.87. The van der Waals surface area contributed by atoms with Gasteiger partial charge in [0.05, 0.1) is 6.61 Å². The molecule has 2 aromatic carbocycles. The minimum atomic E-state index is -0.804. The minimum Gasteiger partial charge on any atom is -0.367 e. The second-order valence-electron chi connectivity index (χ2n) is 4.79. The molecule has 2 N–H and O–H groups in total. The van der Waals surface area contributed by atoms with Crippen LogP contribution in [0, 0.1) is 0 Å². The van der Waals surface area contributed by atoms with Crippen LogP contribution in [0.3, 0.4) is 0 Å². The normalized spacial score (nSPS) is 13.9. The summed E-state index contributed by atoms with van der Waals surface area (Å²) in [6, 6.07) is 20.2. The van der Waals surface area contributed by atoms with Crippen molar-refractivity contribution in [3.8, 4) is 0 Å². The first-order valence-electron chi connectivity index (χ1n) is 6.87. The monoisotopic (exact) mass is 271 g/mol. The summed E-state index contributed by atoms with van der Waals surface area (Å²) in [7, 11) is 0. The van der Waals surface area contributed by atoms with E-state index in [1.165, 1.54) is 5.56 Å². The molecule has 0 aliphatic heterocycles. The zero-order valence-electron chi connectivity index (χ0n) is 11.7. The van der Waals surface area contributed by atoms with Crippen molar-refractivity contribution in [1.29, 1.82) is 0 Å². The summed E-state index contributed by atoms with van der Waals surface area (Å²) in [6.07, 6.45) is -0.804. The van der Waals surface area contributed by atoms with Gasteiger partial charge in [-0.3, -0.25) is 0 Å². The summed E-state index contributed by atoms with van der Waals surface area (Å²) in [5.41, 5.74) is 2.26. The van der Waals surface area contributed by atoms with Crippen LogP contribution in [0.1, 0.15) is 24.1 Å². The summed E-state index contributed by atoms with van der Waals surface area (Å²) < 4.78 is 5.41. The van der Waals surface area contributed by atoms with E-state index >= 15 is 0 Å². The van der Waals surface area contributed by atoms with Gasteiger partial charge in [0.15, 0.2) is 6.29 Å². The smallest absolute Gasteiger partial charge is 0.167 e. The van der Waals surface area contributed by atoms with Gasteiger partial charge in [-0.05, 0) is 18.1 Å². The van der Waals surface area contributed by atoms with Gasteiger partial charge in [-0.15, -0.1) is 0 Å². The molecule has 0 aromatic heterocycles. The lowest BCUT2D eigenvalue weighted by Gasteiger charge is -2.18. The van der Waals surface area contributed by atoms with Gasteiger partial charge in [-0.2, -0.15) is 0 Å². The van der Waals surface area contributed by atoms with Crippen molar-refractivity contribution in [1.82, 2.24) is 5.32 Å². The second kappa shape index (κ2) is 7.80. The van der Waals surface area contributed by atoms with E-state index in [4.69, 9.17) is 4.74 Å². The maximum Gasteiger partial charge on any atom is 0.167 e. The lowest BCUT2D eigenvalue weighted by atomic mass is 10.1. The van der Waals surface area contributed by atoms with Gasteiger partial charge in [0.1, 0.15) is 0 Å². The third-order valence-corrected chi connectivity index (χ3v) is 3.18. The Morgan fingerprint density at radius 2 is 1.60 bits per heavy atom. The van der Waals surface area contributed by atoms with Crippen molar-refractivity contribution in [2.24, 2.45) is 0 Å². The molecule has 0 aliphatic rings. The number of nitrogens with one attached hydrogen (secondary N) is 1. The van der Waals surface area contributed by atoms with Crippen LogP contribution in [-0.2, 0) is 11.3 Å². The highest BCUT2D eigenvalue weighted by atomic mass is 16.6. The SMILES string of the molecule is C[C@@H](NCC(O)OCc1ccccc1)c1ccccc1. The van der Waals surface area contributed by atoms with E-state index in [0.717, 1.165) is 5.56 Å². The Labute approximate surface area is 120 Å². The molecular formula is C17H21NO2.